The van der Waals surface area contributed by atoms with Gasteiger partial charge in [0.2, 0.25) is 0 Å². The SMILES string of the molecule is C=CCN(CC=C)CC(N)(CC)c1ccc(OC)cc1. The quantitative estimate of drug-likeness (QED) is 0.704. The fourth-order valence-electron chi connectivity index (χ4n) is 2.30. The van der Waals surface area contributed by atoms with Gasteiger partial charge in [-0.05, 0) is 24.1 Å². The molecule has 0 saturated heterocycles. The maximum absolute atomic E-state index is 6.62. The summed E-state index contributed by atoms with van der Waals surface area (Å²) in [7, 11) is 1.67. The average Bonchev–Trinajstić information content (AvgIpc) is 2.47. The lowest BCUT2D eigenvalue weighted by Crippen LogP contribution is -2.47. The van der Waals surface area contributed by atoms with Gasteiger partial charge in [0.05, 0.1) is 12.6 Å². The first-order valence-electron chi connectivity index (χ1n) is 6.97. The Bertz CT molecular complexity index is 417. The molecule has 0 aromatic heterocycles. The summed E-state index contributed by atoms with van der Waals surface area (Å²) >= 11 is 0. The van der Waals surface area contributed by atoms with Gasteiger partial charge in [0.15, 0.2) is 0 Å². The summed E-state index contributed by atoms with van der Waals surface area (Å²) in [6.45, 7) is 12.1. The minimum atomic E-state index is -0.377. The summed E-state index contributed by atoms with van der Waals surface area (Å²) in [4.78, 5) is 2.24. The molecule has 3 heteroatoms. The van der Waals surface area contributed by atoms with Crippen molar-refractivity contribution in [2.24, 2.45) is 5.73 Å². The molecule has 1 unspecified atom stereocenters. The lowest BCUT2D eigenvalue weighted by Gasteiger charge is -2.34. The van der Waals surface area contributed by atoms with E-state index in [1.165, 1.54) is 0 Å². The van der Waals surface area contributed by atoms with Gasteiger partial charge in [-0.3, -0.25) is 4.90 Å². The summed E-state index contributed by atoms with van der Waals surface area (Å²) in [5.41, 5.74) is 7.37. The highest BCUT2D eigenvalue weighted by atomic mass is 16.5. The maximum atomic E-state index is 6.62. The van der Waals surface area contributed by atoms with Crippen LogP contribution in [0.15, 0.2) is 49.6 Å². The lowest BCUT2D eigenvalue weighted by atomic mass is 9.87. The van der Waals surface area contributed by atoms with Gasteiger partial charge in [-0.25, -0.2) is 0 Å². The van der Waals surface area contributed by atoms with Crippen LogP contribution in [0.25, 0.3) is 0 Å². The van der Waals surface area contributed by atoms with Crippen molar-refractivity contribution in [1.29, 1.82) is 0 Å². The predicted octanol–water partition coefficient (Wildman–Crippen LogP) is 2.93. The molecule has 0 heterocycles. The second-order valence-corrected chi connectivity index (χ2v) is 5.01. The Hall–Kier alpha value is -1.58. The van der Waals surface area contributed by atoms with Gasteiger partial charge < -0.3 is 10.5 Å². The first-order valence-corrected chi connectivity index (χ1v) is 6.97. The minimum Gasteiger partial charge on any atom is -0.497 e. The normalized spacial score (nSPS) is 13.8. The van der Waals surface area contributed by atoms with Crippen molar-refractivity contribution in [2.45, 2.75) is 18.9 Å². The van der Waals surface area contributed by atoms with Gasteiger partial charge in [-0.2, -0.15) is 0 Å². The number of hydrogen-bond donors (Lipinski definition) is 1. The van der Waals surface area contributed by atoms with E-state index in [4.69, 9.17) is 10.5 Å². The van der Waals surface area contributed by atoms with Crippen LogP contribution in [0.5, 0.6) is 5.75 Å². The zero-order valence-electron chi connectivity index (χ0n) is 12.6. The van der Waals surface area contributed by atoms with Crippen molar-refractivity contribution in [2.75, 3.05) is 26.7 Å². The molecule has 1 atom stereocenters. The molecule has 0 bridgehead atoms. The highest BCUT2D eigenvalue weighted by Gasteiger charge is 2.27. The monoisotopic (exact) mass is 274 g/mol. The zero-order chi connectivity index (χ0) is 15.0. The van der Waals surface area contributed by atoms with E-state index in [9.17, 15) is 0 Å². The second-order valence-electron chi connectivity index (χ2n) is 5.01. The molecule has 0 aliphatic heterocycles. The Labute approximate surface area is 122 Å². The lowest BCUT2D eigenvalue weighted by molar-refractivity contribution is 0.239. The van der Waals surface area contributed by atoms with Crippen molar-refractivity contribution in [3.8, 4) is 5.75 Å². The van der Waals surface area contributed by atoms with Crippen LogP contribution < -0.4 is 10.5 Å². The van der Waals surface area contributed by atoms with Gasteiger partial charge in [-0.1, -0.05) is 31.2 Å². The molecule has 0 spiro atoms. The predicted molar refractivity (Wildman–Crippen MR) is 86.0 cm³/mol. The van der Waals surface area contributed by atoms with Crippen LogP contribution in [0.3, 0.4) is 0 Å². The standard InChI is InChI=1S/C17H26N2O/c1-5-12-19(13-6-2)14-17(18,7-3)15-8-10-16(20-4)11-9-15/h5-6,8-11H,1-2,7,12-14,18H2,3-4H3. The largest absolute Gasteiger partial charge is 0.497 e. The number of methoxy groups -OCH3 is 1. The van der Waals surface area contributed by atoms with E-state index < -0.39 is 0 Å². The smallest absolute Gasteiger partial charge is 0.118 e. The molecule has 0 amide bonds. The first kappa shape index (κ1) is 16.5. The van der Waals surface area contributed by atoms with Crippen LogP contribution in [0.2, 0.25) is 0 Å². The summed E-state index contributed by atoms with van der Waals surface area (Å²) < 4.78 is 5.20. The van der Waals surface area contributed by atoms with E-state index in [2.05, 4.69) is 25.0 Å². The molecule has 110 valence electrons. The third-order valence-electron chi connectivity index (χ3n) is 3.58. The number of nitrogens with zero attached hydrogens (tertiary/aromatic N) is 1. The van der Waals surface area contributed by atoms with Gasteiger partial charge in [-0.15, -0.1) is 13.2 Å². The topological polar surface area (TPSA) is 38.5 Å². The van der Waals surface area contributed by atoms with Gasteiger partial charge >= 0.3 is 0 Å². The molecular formula is C17H26N2O. The number of nitrogens with two attached hydrogens (primary N) is 1. The Balaban J connectivity index is 2.92. The Morgan fingerprint density at radius 2 is 1.75 bits per heavy atom. The van der Waals surface area contributed by atoms with Crippen molar-refractivity contribution >= 4 is 0 Å². The molecule has 1 rings (SSSR count). The van der Waals surface area contributed by atoms with E-state index in [1.807, 2.05) is 36.4 Å². The molecule has 2 N–H and O–H groups in total. The molecule has 0 aliphatic carbocycles. The summed E-state index contributed by atoms with van der Waals surface area (Å²) in [6.07, 6.45) is 4.66. The van der Waals surface area contributed by atoms with E-state index in [1.54, 1.807) is 7.11 Å². The van der Waals surface area contributed by atoms with E-state index in [0.717, 1.165) is 37.4 Å². The number of benzene rings is 1. The van der Waals surface area contributed by atoms with Crippen LogP contribution in [-0.2, 0) is 5.54 Å². The van der Waals surface area contributed by atoms with E-state index in [0.29, 0.717) is 0 Å². The third kappa shape index (κ3) is 4.22. The van der Waals surface area contributed by atoms with Crippen LogP contribution >= 0.6 is 0 Å². The van der Waals surface area contributed by atoms with Crippen LogP contribution in [0.1, 0.15) is 18.9 Å². The van der Waals surface area contributed by atoms with Gasteiger partial charge in [0, 0.05) is 19.6 Å². The van der Waals surface area contributed by atoms with Crippen molar-refractivity contribution in [1.82, 2.24) is 4.90 Å². The maximum Gasteiger partial charge on any atom is 0.118 e. The number of hydrogen-bond acceptors (Lipinski definition) is 3. The number of rotatable bonds is 9. The van der Waals surface area contributed by atoms with Crippen molar-refractivity contribution < 1.29 is 4.74 Å². The average molecular weight is 274 g/mol. The first-order chi connectivity index (χ1) is 9.59. The fraction of sp³-hybridized carbons (Fsp3) is 0.412. The summed E-state index contributed by atoms with van der Waals surface area (Å²) in [6, 6.07) is 8.00. The molecule has 1 aromatic carbocycles. The Morgan fingerprint density at radius 1 is 1.20 bits per heavy atom. The fourth-order valence-corrected chi connectivity index (χ4v) is 2.30. The Kier molecular flexibility index (Phi) is 6.49. The molecular weight excluding hydrogens is 248 g/mol. The third-order valence-corrected chi connectivity index (χ3v) is 3.58. The molecule has 20 heavy (non-hydrogen) atoms. The zero-order valence-corrected chi connectivity index (χ0v) is 12.6. The van der Waals surface area contributed by atoms with Crippen LogP contribution in [0.4, 0.5) is 0 Å². The molecule has 1 aromatic rings. The van der Waals surface area contributed by atoms with E-state index >= 15 is 0 Å². The van der Waals surface area contributed by atoms with Crippen molar-refractivity contribution in [3.05, 3.63) is 55.1 Å². The van der Waals surface area contributed by atoms with Crippen LogP contribution in [-0.4, -0.2) is 31.6 Å². The highest BCUT2D eigenvalue weighted by Crippen LogP contribution is 2.25. The second kappa shape index (κ2) is 7.88. The van der Waals surface area contributed by atoms with Crippen LogP contribution in [0, 0.1) is 0 Å². The van der Waals surface area contributed by atoms with Gasteiger partial charge in [0.25, 0.3) is 0 Å². The molecule has 0 aliphatic rings. The van der Waals surface area contributed by atoms with E-state index in [-0.39, 0.29) is 5.54 Å². The van der Waals surface area contributed by atoms with Crippen molar-refractivity contribution in [3.63, 3.8) is 0 Å². The summed E-state index contributed by atoms with van der Waals surface area (Å²) in [5.74, 6) is 0.848. The van der Waals surface area contributed by atoms with Gasteiger partial charge in [0.1, 0.15) is 5.75 Å². The molecule has 0 saturated carbocycles. The highest BCUT2D eigenvalue weighted by molar-refractivity contribution is 5.32. The molecule has 3 nitrogen and oxygen atoms in total. The number of ether oxygens (including phenoxy) is 1. The molecule has 0 fully saturated rings. The summed E-state index contributed by atoms with van der Waals surface area (Å²) in [5, 5.41) is 0. The molecule has 0 radical (unpaired) electrons. The minimum absolute atomic E-state index is 0.377. The Morgan fingerprint density at radius 3 is 2.15 bits per heavy atom.